The van der Waals surface area contributed by atoms with Crippen molar-refractivity contribution in [3.8, 4) is 0 Å². The van der Waals surface area contributed by atoms with E-state index in [1.54, 1.807) is 10.5 Å². The lowest BCUT2D eigenvalue weighted by molar-refractivity contribution is 0.400. The molecule has 0 radical (unpaired) electrons. The molecule has 1 saturated carbocycles. The summed E-state index contributed by atoms with van der Waals surface area (Å²) in [6, 6.07) is 6.81. The average Bonchev–Trinajstić information content (AvgIpc) is 2.59. The summed E-state index contributed by atoms with van der Waals surface area (Å²) >= 11 is 2.19. The van der Waals surface area contributed by atoms with E-state index in [2.05, 4.69) is 36.9 Å². The zero-order valence-electron chi connectivity index (χ0n) is 9.38. The molecule has 0 unspecified atom stereocenters. The van der Waals surface area contributed by atoms with Gasteiger partial charge in [0.15, 0.2) is 0 Å². The quantitative estimate of drug-likeness (QED) is 0.624. The highest BCUT2D eigenvalue weighted by Crippen LogP contribution is 2.53. The summed E-state index contributed by atoms with van der Waals surface area (Å²) in [5.41, 5.74) is 3.10. The first kappa shape index (κ1) is 9.77. The van der Waals surface area contributed by atoms with Crippen molar-refractivity contribution in [2.24, 2.45) is 0 Å². The fraction of sp³-hybridized carbons (Fsp3) is 0.571. The van der Waals surface area contributed by atoms with Gasteiger partial charge in [-0.05, 0) is 37.3 Å². The Morgan fingerprint density at radius 1 is 1.13 bits per heavy atom. The van der Waals surface area contributed by atoms with Crippen LogP contribution in [0.1, 0.15) is 43.2 Å². The zero-order valence-corrected chi connectivity index (χ0v) is 10.2. The average molecular weight is 218 g/mol. The Bertz CT molecular complexity index is 375. The Kier molecular flexibility index (Phi) is 2.31. The Morgan fingerprint density at radius 2 is 1.93 bits per heavy atom. The third kappa shape index (κ3) is 1.61. The number of benzene rings is 1. The summed E-state index contributed by atoms with van der Waals surface area (Å²) in [5, 5.41) is 0. The van der Waals surface area contributed by atoms with Crippen LogP contribution in [0.25, 0.3) is 0 Å². The van der Waals surface area contributed by atoms with Crippen molar-refractivity contribution in [2.75, 3.05) is 0 Å². The molecule has 0 aromatic heterocycles. The van der Waals surface area contributed by atoms with Crippen LogP contribution in [0.2, 0.25) is 0 Å². The first-order valence-corrected chi connectivity index (χ1v) is 6.88. The largest absolute Gasteiger partial charge is 0.118 e. The minimum atomic E-state index is 0.590. The Labute approximate surface area is 96.5 Å². The van der Waals surface area contributed by atoms with Crippen LogP contribution in [0, 0.1) is 6.92 Å². The number of hydrogen-bond acceptors (Lipinski definition) is 1. The van der Waals surface area contributed by atoms with Crippen molar-refractivity contribution in [2.45, 2.75) is 55.1 Å². The molecular weight excluding hydrogens is 200 g/mol. The minimum absolute atomic E-state index is 0.590. The molecule has 0 N–H and O–H groups in total. The van der Waals surface area contributed by atoms with Crippen LogP contribution in [-0.4, -0.2) is 4.75 Å². The molecule has 80 valence electrons. The lowest BCUT2D eigenvalue weighted by Crippen LogP contribution is -2.26. The molecule has 0 saturated heterocycles. The maximum atomic E-state index is 2.33. The first-order valence-electron chi connectivity index (χ1n) is 6.07. The highest BCUT2D eigenvalue weighted by molar-refractivity contribution is 8.01. The number of rotatable bonds is 0. The van der Waals surface area contributed by atoms with E-state index in [0.29, 0.717) is 4.75 Å². The Hall–Kier alpha value is -0.430. The third-order valence-electron chi connectivity index (χ3n) is 3.89. The van der Waals surface area contributed by atoms with Gasteiger partial charge in [-0.2, -0.15) is 0 Å². The number of thioether (sulfide) groups is 1. The molecule has 1 heterocycles. The normalized spacial score (nSPS) is 23.0. The predicted molar refractivity (Wildman–Crippen MR) is 66.6 cm³/mol. The molecule has 1 heteroatoms. The van der Waals surface area contributed by atoms with Crippen LogP contribution in [0.4, 0.5) is 0 Å². The van der Waals surface area contributed by atoms with Gasteiger partial charge in [0.2, 0.25) is 0 Å². The van der Waals surface area contributed by atoms with Crippen LogP contribution in [0.15, 0.2) is 23.1 Å². The van der Waals surface area contributed by atoms with Gasteiger partial charge < -0.3 is 0 Å². The molecule has 0 nitrogen and oxygen atoms in total. The molecule has 15 heavy (non-hydrogen) atoms. The van der Waals surface area contributed by atoms with Gasteiger partial charge in [0.05, 0.1) is 0 Å². The van der Waals surface area contributed by atoms with Crippen LogP contribution in [0.5, 0.6) is 0 Å². The molecule has 0 amide bonds. The molecule has 1 spiro atoms. The van der Waals surface area contributed by atoms with Crippen LogP contribution < -0.4 is 0 Å². The van der Waals surface area contributed by atoms with Gasteiger partial charge >= 0.3 is 0 Å². The molecule has 1 aliphatic carbocycles. The van der Waals surface area contributed by atoms with Crippen molar-refractivity contribution in [1.82, 2.24) is 0 Å². The van der Waals surface area contributed by atoms with E-state index in [0.717, 1.165) is 0 Å². The number of fused-ring (bicyclic) bond motifs is 1. The number of hydrogen-bond donors (Lipinski definition) is 0. The van der Waals surface area contributed by atoms with E-state index >= 15 is 0 Å². The molecule has 0 bridgehead atoms. The van der Waals surface area contributed by atoms with Crippen molar-refractivity contribution >= 4 is 11.8 Å². The summed E-state index contributed by atoms with van der Waals surface area (Å²) in [5.74, 6) is 0. The van der Waals surface area contributed by atoms with Crippen molar-refractivity contribution in [1.29, 1.82) is 0 Å². The maximum Gasteiger partial charge on any atom is 0.0248 e. The second-order valence-electron chi connectivity index (χ2n) is 5.09. The summed E-state index contributed by atoms with van der Waals surface area (Å²) in [4.78, 5) is 1.60. The maximum absolute atomic E-state index is 2.33. The second kappa shape index (κ2) is 3.55. The smallest absolute Gasteiger partial charge is 0.0248 e. The molecule has 0 atom stereocenters. The molecule has 3 rings (SSSR count). The van der Waals surface area contributed by atoms with Gasteiger partial charge in [-0.3, -0.25) is 0 Å². The summed E-state index contributed by atoms with van der Waals surface area (Å²) in [6.45, 7) is 2.26. The fourth-order valence-corrected chi connectivity index (χ4v) is 4.73. The fourth-order valence-electron chi connectivity index (χ4n) is 3.07. The van der Waals surface area contributed by atoms with E-state index in [4.69, 9.17) is 0 Å². The van der Waals surface area contributed by atoms with Gasteiger partial charge in [0.25, 0.3) is 0 Å². The molecule has 1 fully saturated rings. The van der Waals surface area contributed by atoms with E-state index in [9.17, 15) is 0 Å². The predicted octanol–water partition coefficient (Wildman–Crippen LogP) is 4.35. The van der Waals surface area contributed by atoms with Gasteiger partial charge in [-0.15, -0.1) is 11.8 Å². The highest BCUT2D eigenvalue weighted by Gasteiger charge is 2.39. The van der Waals surface area contributed by atoms with Gasteiger partial charge in [0, 0.05) is 9.64 Å². The van der Waals surface area contributed by atoms with Crippen LogP contribution in [0.3, 0.4) is 0 Å². The second-order valence-corrected chi connectivity index (χ2v) is 6.56. The molecule has 2 aliphatic rings. The topological polar surface area (TPSA) is 0 Å². The third-order valence-corrected chi connectivity index (χ3v) is 5.66. The van der Waals surface area contributed by atoms with Gasteiger partial charge in [-0.1, -0.05) is 37.5 Å². The SMILES string of the molecule is Cc1cccc2c1SC1(CCCCC1)C2. The Morgan fingerprint density at radius 3 is 2.67 bits per heavy atom. The van der Waals surface area contributed by atoms with Crippen molar-refractivity contribution in [3.05, 3.63) is 29.3 Å². The van der Waals surface area contributed by atoms with Gasteiger partial charge in [0.1, 0.15) is 0 Å². The number of aryl methyl sites for hydroxylation is 1. The van der Waals surface area contributed by atoms with E-state index < -0.39 is 0 Å². The summed E-state index contributed by atoms with van der Waals surface area (Å²) in [7, 11) is 0. The Balaban J connectivity index is 1.94. The highest BCUT2D eigenvalue weighted by atomic mass is 32.2. The van der Waals surface area contributed by atoms with Crippen molar-refractivity contribution in [3.63, 3.8) is 0 Å². The summed E-state index contributed by atoms with van der Waals surface area (Å²) < 4.78 is 0.590. The van der Waals surface area contributed by atoms with Crippen LogP contribution >= 0.6 is 11.8 Å². The molecular formula is C14H18S. The van der Waals surface area contributed by atoms with Gasteiger partial charge in [-0.25, -0.2) is 0 Å². The molecule has 1 aromatic rings. The van der Waals surface area contributed by atoms with E-state index in [-0.39, 0.29) is 0 Å². The summed E-state index contributed by atoms with van der Waals surface area (Å²) in [6.07, 6.45) is 8.55. The van der Waals surface area contributed by atoms with E-state index in [1.165, 1.54) is 44.1 Å². The molecule has 1 aliphatic heterocycles. The first-order chi connectivity index (χ1) is 7.29. The zero-order chi connectivity index (χ0) is 10.3. The lowest BCUT2D eigenvalue weighted by atomic mass is 9.84. The van der Waals surface area contributed by atoms with Crippen molar-refractivity contribution < 1.29 is 0 Å². The van der Waals surface area contributed by atoms with Crippen LogP contribution in [-0.2, 0) is 6.42 Å². The lowest BCUT2D eigenvalue weighted by Gasteiger charge is -2.32. The molecule has 1 aromatic carbocycles. The standard InChI is InChI=1S/C14H18S/c1-11-6-5-7-12-10-14(15-13(11)12)8-3-2-4-9-14/h5-7H,2-4,8-10H2,1H3. The van der Waals surface area contributed by atoms with E-state index in [1.807, 2.05) is 0 Å². The monoisotopic (exact) mass is 218 g/mol. The minimum Gasteiger partial charge on any atom is -0.118 e.